The van der Waals surface area contributed by atoms with Crippen molar-refractivity contribution in [3.05, 3.63) is 93.3 Å². The number of benzene rings is 1. The molecule has 4 amide bonds. The molecular weight excluding hydrogens is 511 g/mol. The number of aryl methyl sites for hydroxylation is 1. The lowest BCUT2D eigenvalue weighted by Gasteiger charge is -2.22. The number of aromatic nitrogens is 2. The van der Waals surface area contributed by atoms with Crippen molar-refractivity contribution in [1.29, 1.82) is 0 Å². The largest absolute Gasteiger partial charge is 0.344 e. The van der Waals surface area contributed by atoms with E-state index in [0.717, 1.165) is 11.1 Å². The van der Waals surface area contributed by atoms with E-state index >= 15 is 0 Å². The summed E-state index contributed by atoms with van der Waals surface area (Å²) < 4.78 is 14.6. The second-order valence-corrected chi connectivity index (χ2v) is 9.78. The van der Waals surface area contributed by atoms with Gasteiger partial charge in [0.15, 0.2) is 0 Å². The lowest BCUT2D eigenvalue weighted by Crippen LogP contribution is -2.40. The number of hydrogen-bond acceptors (Lipinski definition) is 5. The van der Waals surface area contributed by atoms with Gasteiger partial charge in [0.1, 0.15) is 11.9 Å². The zero-order valence-corrected chi connectivity index (χ0v) is 21.4. The fourth-order valence-corrected chi connectivity index (χ4v) is 5.11. The van der Waals surface area contributed by atoms with Crippen LogP contribution in [0.15, 0.2) is 48.9 Å². The number of rotatable bonds is 5. The van der Waals surface area contributed by atoms with Gasteiger partial charge in [0, 0.05) is 37.7 Å². The molecule has 2 atom stereocenters. The summed E-state index contributed by atoms with van der Waals surface area (Å²) in [4.78, 5) is 47.6. The Morgan fingerprint density at radius 3 is 2.76 bits per heavy atom. The first-order valence-corrected chi connectivity index (χ1v) is 12.6. The van der Waals surface area contributed by atoms with Crippen LogP contribution in [0.4, 0.5) is 9.18 Å². The summed E-state index contributed by atoms with van der Waals surface area (Å²) in [6.07, 6.45) is 6.42. The minimum Gasteiger partial charge on any atom is -0.344 e. The Kier molecular flexibility index (Phi) is 7.24. The number of likely N-dealkylation sites (tertiary alicyclic amines) is 1. The van der Waals surface area contributed by atoms with Gasteiger partial charge in [0.2, 0.25) is 5.91 Å². The van der Waals surface area contributed by atoms with E-state index in [4.69, 9.17) is 11.6 Å². The average Bonchev–Trinajstić information content (AvgIpc) is 3.13. The van der Waals surface area contributed by atoms with Gasteiger partial charge in [-0.1, -0.05) is 23.7 Å². The number of pyridine rings is 2. The van der Waals surface area contributed by atoms with E-state index in [9.17, 15) is 18.8 Å². The van der Waals surface area contributed by atoms with Crippen molar-refractivity contribution in [2.75, 3.05) is 13.6 Å². The molecule has 1 fully saturated rings. The van der Waals surface area contributed by atoms with Gasteiger partial charge in [-0.15, -0.1) is 0 Å². The molecular formula is C27H26ClFN6O3. The highest BCUT2D eigenvalue weighted by Crippen LogP contribution is 2.33. The van der Waals surface area contributed by atoms with Crippen molar-refractivity contribution >= 4 is 29.4 Å². The van der Waals surface area contributed by atoms with Crippen molar-refractivity contribution in [2.45, 2.75) is 37.9 Å². The molecule has 0 saturated carbocycles. The first-order chi connectivity index (χ1) is 18.3. The minimum absolute atomic E-state index is 0.00109. The van der Waals surface area contributed by atoms with E-state index in [1.165, 1.54) is 18.3 Å². The zero-order chi connectivity index (χ0) is 26.8. The first kappa shape index (κ1) is 25.6. The molecule has 1 saturated heterocycles. The molecule has 1 unspecified atom stereocenters. The monoisotopic (exact) mass is 536 g/mol. The summed E-state index contributed by atoms with van der Waals surface area (Å²) in [7, 11) is 1.69. The number of fused-ring (bicyclic) bond motifs is 2. The van der Waals surface area contributed by atoms with Gasteiger partial charge >= 0.3 is 6.03 Å². The molecule has 0 radical (unpaired) electrons. The summed E-state index contributed by atoms with van der Waals surface area (Å²) >= 11 is 6.35. The summed E-state index contributed by atoms with van der Waals surface area (Å²) in [6, 6.07) is 6.55. The maximum absolute atomic E-state index is 14.6. The molecule has 3 aromatic rings. The van der Waals surface area contributed by atoms with Crippen molar-refractivity contribution < 1.29 is 18.8 Å². The highest BCUT2D eigenvalue weighted by atomic mass is 35.5. The smallest absolute Gasteiger partial charge is 0.315 e. The minimum atomic E-state index is -0.584. The van der Waals surface area contributed by atoms with Crippen LogP contribution in [0.1, 0.15) is 50.8 Å². The molecule has 3 heterocycles. The molecule has 9 nitrogen and oxygen atoms in total. The van der Waals surface area contributed by atoms with E-state index in [0.29, 0.717) is 42.6 Å². The van der Waals surface area contributed by atoms with E-state index in [1.54, 1.807) is 30.4 Å². The standard InChI is InChI=1S/C27H26ClFN6O3/c1-35-10-8-22(26(35)37)33-25(36)16-11-20(28)23(31-12-16)14-32-27(38)34-24-18-3-2-4-21(29)17(18)6-5-15-7-9-30-13-19(15)24/h2-4,7,9,11-13,22,24H,5-6,8,10,14H2,1H3,(H,33,36)(H2,32,34,38)/t22-,24?/m1/s1. The van der Waals surface area contributed by atoms with Gasteiger partial charge in [-0.3, -0.25) is 19.6 Å². The Balaban J connectivity index is 1.26. The summed E-state index contributed by atoms with van der Waals surface area (Å²) in [6.45, 7) is 0.583. The number of hydrogen-bond donors (Lipinski definition) is 3. The van der Waals surface area contributed by atoms with Crippen molar-refractivity contribution in [3.63, 3.8) is 0 Å². The van der Waals surface area contributed by atoms with Gasteiger partial charge < -0.3 is 20.9 Å². The zero-order valence-electron chi connectivity index (χ0n) is 20.6. The number of amides is 4. The van der Waals surface area contributed by atoms with Crippen molar-refractivity contribution in [3.8, 4) is 0 Å². The summed E-state index contributed by atoms with van der Waals surface area (Å²) in [5.41, 5.74) is 3.64. The average molecular weight is 537 g/mol. The third kappa shape index (κ3) is 5.17. The number of carbonyl (C=O) groups excluding carboxylic acids is 3. The highest BCUT2D eigenvalue weighted by molar-refractivity contribution is 6.31. The Bertz CT molecular complexity index is 1420. The van der Waals surface area contributed by atoms with Crippen LogP contribution in [-0.4, -0.2) is 52.3 Å². The van der Waals surface area contributed by atoms with Crippen LogP contribution in [0.2, 0.25) is 5.02 Å². The predicted octanol–water partition coefficient (Wildman–Crippen LogP) is 2.92. The van der Waals surface area contributed by atoms with Gasteiger partial charge in [-0.05, 0) is 54.2 Å². The molecule has 11 heteroatoms. The molecule has 2 aliphatic rings. The maximum atomic E-state index is 14.6. The van der Waals surface area contributed by atoms with Crippen molar-refractivity contribution in [2.24, 2.45) is 0 Å². The molecule has 1 aromatic carbocycles. The fraction of sp³-hybridized carbons (Fsp3) is 0.296. The van der Waals surface area contributed by atoms with Crippen LogP contribution >= 0.6 is 11.6 Å². The Labute approximate surface area is 223 Å². The quantitative estimate of drug-likeness (QED) is 0.464. The Hall–Kier alpha value is -4.05. The van der Waals surface area contributed by atoms with Crippen LogP contribution in [0.3, 0.4) is 0 Å². The number of nitrogens with one attached hydrogen (secondary N) is 3. The van der Waals surface area contributed by atoms with E-state index in [-0.39, 0.29) is 28.9 Å². The lowest BCUT2D eigenvalue weighted by atomic mass is 9.96. The number of carbonyl (C=O) groups is 3. The first-order valence-electron chi connectivity index (χ1n) is 12.3. The summed E-state index contributed by atoms with van der Waals surface area (Å²) in [5.74, 6) is -0.890. The molecule has 2 aromatic heterocycles. The van der Waals surface area contributed by atoms with Crippen LogP contribution in [-0.2, 0) is 24.2 Å². The SMILES string of the molecule is CN1CC[C@@H](NC(=O)c2cnc(CNC(=O)NC3c4cnccc4CCc4c(F)cccc43)c(Cl)c2)C1=O. The van der Waals surface area contributed by atoms with Crippen LogP contribution < -0.4 is 16.0 Å². The second-order valence-electron chi connectivity index (χ2n) is 9.37. The van der Waals surface area contributed by atoms with Gasteiger partial charge in [-0.25, -0.2) is 9.18 Å². The van der Waals surface area contributed by atoms with E-state index < -0.39 is 24.0 Å². The number of urea groups is 1. The lowest BCUT2D eigenvalue weighted by molar-refractivity contribution is -0.128. The molecule has 1 aliphatic carbocycles. The predicted molar refractivity (Wildman–Crippen MR) is 138 cm³/mol. The second kappa shape index (κ2) is 10.7. The molecule has 1 aliphatic heterocycles. The number of likely N-dealkylation sites (N-methyl/N-ethyl adjacent to an activating group) is 1. The molecule has 0 bridgehead atoms. The Morgan fingerprint density at radius 1 is 1.16 bits per heavy atom. The van der Waals surface area contributed by atoms with E-state index in [1.807, 2.05) is 12.1 Å². The third-order valence-electron chi connectivity index (χ3n) is 6.97. The normalized spacial score (nSPS) is 18.3. The maximum Gasteiger partial charge on any atom is 0.315 e. The third-order valence-corrected chi connectivity index (χ3v) is 7.30. The van der Waals surface area contributed by atoms with Crippen LogP contribution in [0.5, 0.6) is 0 Å². The number of nitrogens with zero attached hydrogens (tertiary/aromatic N) is 3. The molecule has 196 valence electrons. The van der Waals surface area contributed by atoms with Crippen molar-refractivity contribution in [1.82, 2.24) is 30.8 Å². The molecule has 38 heavy (non-hydrogen) atoms. The summed E-state index contributed by atoms with van der Waals surface area (Å²) in [5, 5.41) is 8.58. The highest BCUT2D eigenvalue weighted by Gasteiger charge is 2.31. The van der Waals surface area contributed by atoms with Crippen LogP contribution in [0, 0.1) is 5.82 Å². The van der Waals surface area contributed by atoms with Gasteiger partial charge in [0.25, 0.3) is 5.91 Å². The topological polar surface area (TPSA) is 116 Å². The molecule has 0 spiro atoms. The van der Waals surface area contributed by atoms with Gasteiger partial charge in [-0.2, -0.15) is 0 Å². The fourth-order valence-electron chi connectivity index (χ4n) is 4.88. The van der Waals surface area contributed by atoms with Crippen LogP contribution in [0.25, 0.3) is 0 Å². The van der Waals surface area contributed by atoms with Gasteiger partial charge in [0.05, 0.1) is 28.9 Å². The Morgan fingerprint density at radius 2 is 2.00 bits per heavy atom. The molecule has 5 rings (SSSR count). The van der Waals surface area contributed by atoms with E-state index in [2.05, 4.69) is 25.9 Å². The number of halogens is 2. The molecule has 3 N–H and O–H groups in total.